The SMILES string of the molecule is COc1ccc(N2CCN(C(=O)c3ccc4c(c3)N(C)[C@H]3CCCCN3C4=O)CC2)cc1. The molecule has 2 aromatic rings. The van der Waals surface area contributed by atoms with Crippen LogP contribution in [0.4, 0.5) is 11.4 Å². The lowest BCUT2D eigenvalue weighted by atomic mass is 9.97. The maximum absolute atomic E-state index is 13.3. The number of amides is 2. The standard InChI is InChI=1S/C25H30N4O3/c1-26-22-17-18(6-11-21(22)25(31)29-12-4-3-5-23(26)29)24(30)28-15-13-27(14-16-28)19-7-9-20(32-2)10-8-19/h6-11,17,23H,3-5,12-16H2,1-2H3/t23-/m1/s1. The van der Waals surface area contributed by atoms with Gasteiger partial charge in [-0.25, -0.2) is 0 Å². The van der Waals surface area contributed by atoms with Crippen molar-refractivity contribution in [2.75, 3.05) is 56.7 Å². The van der Waals surface area contributed by atoms with E-state index < -0.39 is 0 Å². The van der Waals surface area contributed by atoms with Gasteiger partial charge >= 0.3 is 0 Å². The Hall–Kier alpha value is -3.22. The van der Waals surface area contributed by atoms with Gasteiger partial charge in [0.25, 0.3) is 11.8 Å². The molecular weight excluding hydrogens is 404 g/mol. The monoisotopic (exact) mass is 434 g/mol. The van der Waals surface area contributed by atoms with Crippen LogP contribution in [0.2, 0.25) is 0 Å². The zero-order valence-electron chi connectivity index (χ0n) is 18.8. The second kappa shape index (κ2) is 8.37. The molecule has 2 aromatic carbocycles. The Balaban J connectivity index is 1.29. The number of hydrogen-bond acceptors (Lipinski definition) is 5. The summed E-state index contributed by atoms with van der Waals surface area (Å²) in [5.41, 5.74) is 3.38. The molecule has 0 radical (unpaired) electrons. The van der Waals surface area contributed by atoms with Crippen molar-refractivity contribution in [1.29, 1.82) is 0 Å². The van der Waals surface area contributed by atoms with Crippen molar-refractivity contribution in [2.45, 2.75) is 25.4 Å². The average molecular weight is 435 g/mol. The molecule has 0 aliphatic carbocycles. The molecule has 3 aliphatic heterocycles. The molecule has 0 N–H and O–H groups in total. The van der Waals surface area contributed by atoms with E-state index in [1.165, 1.54) is 0 Å². The van der Waals surface area contributed by atoms with E-state index in [0.717, 1.165) is 56.0 Å². The van der Waals surface area contributed by atoms with Gasteiger partial charge in [0, 0.05) is 51.0 Å². The number of piperazine rings is 1. The second-order valence-corrected chi connectivity index (χ2v) is 8.80. The summed E-state index contributed by atoms with van der Waals surface area (Å²) in [7, 11) is 3.70. The average Bonchev–Trinajstić information content (AvgIpc) is 2.86. The van der Waals surface area contributed by atoms with Crippen molar-refractivity contribution in [2.24, 2.45) is 0 Å². The van der Waals surface area contributed by atoms with Gasteiger partial charge in [-0.3, -0.25) is 9.59 Å². The van der Waals surface area contributed by atoms with Gasteiger partial charge in [-0.05, 0) is 61.7 Å². The number of piperidine rings is 1. The number of nitrogens with zero attached hydrogens (tertiary/aromatic N) is 4. The number of hydrogen-bond donors (Lipinski definition) is 0. The van der Waals surface area contributed by atoms with E-state index in [1.807, 2.05) is 47.2 Å². The summed E-state index contributed by atoms with van der Waals surface area (Å²) in [5, 5.41) is 0. The van der Waals surface area contributed by atoms with Crippen LogP contribution in [0.1, 0.15) is 40.0 Å². The number of benzene rings is 2. The fourth-order valence-electron chi connectivity index (χ4n) is 5.15. The molecule has 168 valence electrons. The molecule has 1 atom stereocenters. The molecular formula is C25H30N4O3. The van der Waals surface area contributed by atoms with Gasteiger partial charge in [-0.1, -0.05) is 0 Å². The van der Waals surface area contributed by atoms with Gasteiger partial charge in [0.2, 0.25) is 0 Å². The van der Waals surface area contributed by atoms with E-state index in [1.54, 1.807) is 7.11 Å². The summed E-state index contributed by atoms with van der Waals surface area (Å²) in [5.74, 6) is 0.971. The third kappa shape index (κ3) is 3.55. The van der Waals surface area contributed by atoms with Crippen LogP contribution in [0.15, 0.2) is 42.5 Å². The molecule has 0 spiro atoms. The second-order valence-electron chi connectivity index (χ2n) is 8.80. The van der Waals surface area contributed by atoms with Crippen LogP contribution < -0.4 is 14.5 Å². The van der Waals surface area contributed by atoms with Crippen LogP contribution >= 0.6 is 0 Å². The molecule has 7 heteroatoms. The third-order valence-electron chi connectivity index (χ3n) is 7.04. The van der Waals surface area contributed by atoms with Gasteiger partial charge in [-0.15, -0.1) is 0 Å². The number of ether oxygens (including phenoxy) is 1. The molecule has 32 heavy (non-hydrogen) atoms. The highest BCUT2D eigenvalue weighted by molar-refractivity contribution is 6.04. The van der Waals surface area contributed by atoms with Gasteiger partial charge in [0.05, 0.1) is 18.4 Å². The smallest absolute Gasteiger partial charge is 0.257 e. The van der Waals surface area contributed by atoms with Gasteiger partial charge in [-0.2, -0.15) is 0 Å². The summed E-state index contributed by atoms with van der Waals surface area (Å²) in [6.07, 6.45) is 3.27. The van der Waals surface area contributed by atoms with Crippen LogP contribution in [0, 0.1) is 0 Å². The highest BCUT2D eigenvalue weighted by Crippen LogP contribution is 2.35. The molecule has 3 aliphatic rings. The Labute approximate surface area is 189 Å². The third-order valence-corrected chi connectivity index (χ3v) is 7.04. The van der Waals surface area contributed by atoms with E-state index in [2.05, 4.69) is 21.9 Å². The number of carbonyl (C=O) groups excluding carboxylic acids is 2. The molecule has 2 fully saturated rings. The Kier molecular flexibility index (Phi) is 5.41. The molecule has 2 amide bonds. The van der Waals surface area contributed by atoms with Crippen molar-refractivity contribution >= 4 is 23.2 Å². The lowest BCUT2D eigenvalue weighted by Crippen LogP contribution is -2.56. The maximum atomic E-state index is 13.3. The number of carbonyl (C=O) groups is 2. The van der Waals surface area contributed by atoms with Gasteiger partial charge < -0.3 is 24.3 Å². The lowest BCUT2D eigenvalue weighted by Gasteiger charge is -2.46. The minimum atomic E-state index is 0.0362. The summed E-state index contributed by atoms with van der Waals surface area (Å²) in [4.78, 5) is 34.6. The zero-order valence-corrected chi connectivity index (χ0v) is 18.8. The predicted octanol–water partition coefficient (Wildman–Crippen LogP) is 3.06. The predicted molar refractivity (Wildman–Crippen MR) is 125 cm³/mol. The van der Waals surface area contributed by atoms with Gasteiger partial charge in [0.1, 0.15) is 11.9 Å². The molecule has 0 bridgehead atoms. The summed E-state index contributed by atoms with van der Waals surface area (Å²) in [6, 6.07) is 13.6. The van der Waals surface area contributed by atoms with Crippen LogP contribution in [0.5, 0.6) is 5.75 Å². The van der Waals surface area contributed by atoms with Gasteiger partial charge in [0.15, 0.2) is 0 Å². The fourth-order valence-corrected chi connectivity index (χ4v) is 5.15. The first kappa shape index (κ1) is 20.7. The molecule has 0 aromatic heterocycles. The Morgan fingerprint density at radius 2 is 1.72 bits per heavy atom. The Bertz CT molecular complexity index is 1010. The number of fused-ring (bicyclic) bond motifs is 2. The van der Waals surface area contributed by atoms with E-state index in [9.17, 15) is 9.59 Å². The molecule has 0 unspecified atom stereocenters. The Morgan fingerprint density at radius 1 is 0.969 bits per heavy atom. The van der Waals surface area contributed by atoms with E-state index in [0.29, 0.717) is 24.2 Å². The fraction of sp³-hybridized carbons (Fsp3) is 0.440. The summed E-state index contributed by atoms with van der Waals surface area (Å²) in [6.45, 7) is 3.74. The molecule has 0 saturated carbocycles. The zero-order chi connectivity index (χ0) is 22.2. The highest BCUT2D eigenvalue weighted by atomic mass is 16.5. The minimum Gasteiger partial charge on any atom is -0.497 e. The number of methoxy groups -OCH3 is 1. The van der Waals surface area contributed by atoms with Crippen molar-refractivity contribution in [3.05, 3.63) is 53.6 Å². The van der Waals surface area contributed by atoms with Crippen LogP contribution in [-0.2, 0) is 0 Å². The van der Waals surface area contributed by atoms with E-state index in [-0.39, 0.29) is 18.0 Å². The van der Waals surface area contributed by atoms with E-state index >= 15 is 0 Å². The first-order valence-electron chi connectivity index (χ1n) is 11.4. The maximum Gasteiger partial charge on any atom is 0.257 e. The molecule has 3 heterocycles. The van der Waals surface area contributed by atoms with Crippen LogP contribution in [0.25, 0.3) is 0 Å². The normalized spacial score (nSPS) is 20.7. The summed E-state index contributed by atoms with van der Waals surface area (Å²) >= 11 is 0. The van der Waals surface area contributed by atoms with E-state index in [4.69, 9.17) is 4.74 Å². The van der Waals surface area contributed by atoms with Crippen molar-refractivity contribution < 1.29 is 14.3 Å². The molecule has 7 nitrogen and oxygen atoms in total. The van der Waals surface area contributed by atoms with Crippen LogP contribution in [0.3, 0.4) is 0 Å². The van der Waals surface area contributed by atoms with Crippen molar-refractivity contribution in [3.63, 3.8) is 0 Å². The first-order chi connectivity index (χ1) is 15.6. The highest BCUT2D eigenvalue weighted by Gasteiger charge is 2.37. The molecule has 2 saturated heterocycles. The topological polar surface area (TPSA) is 56.3 Å². The van der Waals surface area contributed by atoms with Crippen molar-refractivity contribution in [1.82, 2.24) is 9.80 Å². The van der Waals surface area contributed by atoms with Crippen molar-refractivity contribution in [3.8, 4) is 5.75 Å². The van der Waals surface area contributed by atoms with Crippen LogP contribution in [-0.4, -0.2) is 74.7 Å². The number of rotatable bonds is 3. The first-order valence-corrected chi connectivity index (χ1v) is 11.4. The minimum absolute atomic E-state index is 0.0362. The summed E-state index contributed by atoms with van der Waals surface area (Å²) < 4.78 is 5.24. The quantitative estimate of drug-likeness (QED) is 0.743. The molecule has 5 rings (SSSR count). The number of anilines is 2. The lowest BCUT2D eigenvalue weighted by molar-refractivity contribution is 0.0588. The largest absolute Gasteiger partial charge is 0.497 e. The Morgan fingerprint density at radius 3 is 2.44 bits per heavy atom.